The first-order valence-corrected chi connectivity index (χ1v) is 8.97. The number of benzene rings is 1. The number of hydrogen-bond donors (Lipinski definition) is 1. The Morgan fingerprint density at radius 3 is 2.35 bits per heavy atom. The first-order valence-electron chi connectivity index (χ1n) is 7.43. The largest absolute Gasteiger partial charge is 0.316 e. The molecule has 2 rings (SSSR count). The Bertz CT molecular complexity index is 525. The predicted octanol–water partition coefficient (Wildman–Crippen LogP) is 2.87. The fourth-order valence-electron chi connectivity index (χ4n) is 3.22. The summed E-state index contributed by atoms with van der Waals surface area (Å²) in [5.41, 5.74) is 0. The maximum absolute atomic E-state index is 12.9. The van der Waals surface area contributed by atoms with E-state index in [2.05, 4.69) is 19.2 Å². The molecule has 1 aromatic rings. The molecule has 0 aromatic heterocycles. The molecular formula is C16H25NO2S. The second-order valence-corrected chi connectivity index (χ2v) is 8.28. The number of hydrogen-bond acceptors (Lipinski definition) is 3. The van der Waals surface area contributed by atoms with Crippen LogP contribution in [0, 0.1) is 11.8 Å². The summed E-state index contributed by atoms with van der Waals surface area (Å²) in [5.74, 6) is 1.05. The molecule has 4 heteroatoms. The van der Waals surface area contributed by atoms with Gasteiger partial charge in [-0.25, -0.2) is 8.42 Å². The molecule has 1 aliphatic carbocycles. The minimum Gasteiger partial charge on any atom is -0.316 e. The molecular weight excluding hydrogens is 270 g/mol. The Morgan fingerprint density at radius 2 is 1.80 bits per heavy atom. The average molecular weight is 295 g/mol. The summed E-state index contributed by atoms with van der Waals surface area (Å²) in [6, 6.07) is 8.93. The maximum Gasteiger partial charge on any atom is 0.182 e. The molecule has 0 saturated heterocycles. The molecule has 1 N–H and O–H groups in total. The highest BCUT2D eigenvalue weighted by atomic mass is 32.2. The first kappa shape index (κ1) is 15.5. The standard InChI is InChI=1S/C16H25NO2S/c1-12(2)13-9-10-15(17-3)16(11-13)20(18,19)14-7-5-4-6-8-14/h4-8,12-13,15-17H,9-11H2,1-3H3. The summed E-state index contributed by atoms with van der Waals surface area (Å²) in [5, 5.41) is 2.90. The minimum absolute atomic E-state index is 0.0650. The molecule has 0 radical (unpaired) electrons. The third kappa shape index (κ3) is 3.07. The number of rotatable bonds is 4. The predicted molar refractivity (Wildman–Crippen MR) is 82.4 cm³/mol. The fraction of sp³-hybridized carbons (Fsp3) is 0.625. The molecule has 3 unspecified atom stereocenters. The monoisotopic (exact) mass is 295 g/mol. The van der Waals surface area contributed by atoms with Crippen LogP contribution in [-0.4, -0.2) is 26.8 Å². The van der Waals surface area contributed by atoms with Crippen molar-refractivity contribution in [1.29, 1.82) is 0 Å². The molecule has 0 bridgehead atoms. The van der Waals surface area contributed by atoms with Gasteiger partial charge in [0.15, 0.2) is 9.84 Å². The van der Waals surface area contributed by atoms with Crippen LogP contribution < -0.4 is 5.32 Å². The molecule has 20 heavy (non-hydrogen) atoms. The Morgan fingerprint density at radius 1 is 1.15 bits per heavy atom. The van der Waals surface area contributed by atoms with Crippen LogP contribution in [0.3, 0.4) is 0 Å². The van der Waals surface area contributed by atoms with Gasteiger partial charge in [-0.15, -0.1) is 0 Å². The van der Waals surface area contributed by atoms with Crippen molar-refractivity contribution in [2.24, 2.45) is 11.8 Å². The van der Waals surface area contributed by atoms with Crippen LogP contribution >= 0.6 is 0 Å². The van der Waals surface area contributed by atoms with Crippen LogP contribution in [0.25, 0.3) is 0 Å². The zero-order valence-electron chi connectivity index (χ0n) is 12.5. The molecule has 1 aliphatic rings. The lowest BCUT2D eigenvalue weighted by molar-refractivity contribution is 0.246. The van der Waals surface area contributed by atoms with Crippen molar-refractivity contribution in [2.45, 2.75) is 49.3 Å². The molecule has 0 amide bonds. The van der Waals surface area contributed by atoms with Crippen LogP contribution in [0.15, 0.2) is 35.2 Å². The normalized spacial score (nSPS) is 27.7. The minimum atomic E-state index is -3.25. The quantitative estimate of drug-likeness (QED) is 0.929. The Labute approximate surface area is 122 Å². The molecule has 0 aliphatic heterocycles. The van der Waals surface area contributed by atoms with E-state index in [-0.39, 0.29) is 11.3 Å². The van der Waals surface area contributed by atoms with Gasteiger partial charge in [0.05, 0.1) is 10.1 Å². The van der Waals surface area contributed by atoms with E-state index < -0.39 is 9.84 Å². The maximum atomic E-state index is 12.9. The van der Waals surface area contributed by atoms with Crippen molar-refractivity contribution in [3.8, 4) is 0 Å². The van der Waals surface area contributed by atoms with E-state index in [1.165, 1.54) is 0 Å². The highest BCUT2D eigenvalue weighted by Gasteiger charge is 2.39. The molecule has 1 saturated carbocycles. The van der Waals surface area contributed by atoms with Gasteiger partial charge in [-0.2, -0.15) is 0 Å². The van der Waals surface area contributed by atoms with Gasteiger partial charge in [0.2, 0.25) is 0 Å². The van der Waals surface area contributed by atoms with Gasteiger partial charge >= 0.3 is 0 Å². The van der Waals surface area contributed by atoms with Crippen molar-refractivity contribution < 1.29 is 8.42 Å². The third-order valence-electron chi connectivity index (χ3n) is 4.62. The molecule has 3 atom stereocenters. The van der Waals surface area contributed by atoms with E-state index in [1.807, 2.05) is 13.1 Å². The SMILES string of the molecule is CNC1CCC(C(C)C)CC1S(=O)(=O)c1ccccc1. The molecule has 1 aromatic carbocycles. The lowest BCUT2D eigenvalue weighted by Crippen LogP contribution is -2.47. The molecule has 0 spiro atoms. The van der Waals surface area contributed by atoms with Crippen molar-refractivity contribution in [3.05, 3.63) is 30.3 Å². The van der Waals surface area contributed by atoms with Crippen molar-refractivity contribution >= 4 is 9.84 Å². The highest BCUT2D eigenvalue weighted by Crippen LogP contribution is 2.35. The van der Waals surface area contributed by atoms with Gasteiger partial charge in [-0.05, 0) is 50.3 Å². The zero-order valence-corrected chi connectivity index (χ0v) is 13.4. The second kappa shape index (κ2) is 6.27. The molecule has 1 fully saturated rings. The first-order chi connectivity index (χ1) is 9.46. The van der Waals surface area contributed by atoms with E-state index in [0.717, 1.165) is 19.3 Å². The zero-order chi connectivity index (χ0) is 14.8. The van der Waals surface area contributed by atoms with Crippen molar-refractivity contribution in [2.75, 3.05) is 7.05 Å². The third-order valence-corrected chi connectivity index (χ3v) is 6.86. The van der Waals surface area contributed by atoms with Crippen LogP contribution in [0.1, 0.15) is 33.1 Å². The summed E-state index contributed by atoms with van der Waals surface area (Å²) < 4.78 is 25.8. The second-order valence-electron chi connectivity index (χ2n) is 6.11. The Kier molecular flexibility index (Phi) is 4.86. The average Bonchev–Trinajstić information content (AvgIpc) is 2.47. The van der Waals surface area contributed by atoms with E-state index in [1.54, 1.807) is 24.3 Å². The van der Waals surface area contributed by atoms with Crippen molar-refractivity contribution in [3.63, 3.8) is 0 Å². The van der Waals surface area contributed by atoms with Crippen molar-refractivity contribution in [1.82, 2.24) is 5.32 Å². The van der Waals surface area contributed by atoms with E-state index in [4.69, 9.17) is 0 Å². The van der Waals surface area contributed by atoms with Crippen LogP contribution in [0.5, 0.6) is 0 Å². The summed E-state index contributed by atoms with van der Waals surface area (Å²) in [6.45, 7) is 4.38. The molecule has 112 valence electrons. The van der Waals surface area contributed by atoms with Gasteiger partial charge < -0.3 is 5.32 Å². The van der Waals surface area contributed by atoms with Gasteiger partial charge in [-0.1, -0.05) is 32.0 Å². The van der Waals surface area contributed by atoms with E-state index >= 15 is 0 Å². The number of sulfone groups is 1. The van der Waals surface area contributed by atoms with Gasteiger partial charge in [0.1, 0.15) is 0 Å². The van der Waals surface area contributed by atoms with Crippen LogP contribution in [0.4, 0.5) is 0 Å². The highest BCUT2D eigenvalue weighted by molar-refractivity contribution is 7.92. The Balaban J connectivity index is 2.31. The van der Waals surface area contributed by atoms with Gasteiger partial charge in [0.25, 0.3) is 0 Å². The molecule has 3 nitrogen and oxygen atoms in total. The van der Waals surface area contributed by atoms with Crippen LogP contribution in [0.2, 0.25) is 0 Å². The summed E-state index contributed by atoms with van der Waals surface area (Å²) >= 11 is 0. The smallest absolute Gasteiger partial charge is 0.182 e. The molecule has 0 heterocycles. The van der Waals surface area contributed by atoms with Gasteiger partial charge in [0, 0.05) is 6.04 Å². The van der Waals surface area contributed by atoms with Gasteiger partial charge in [-0.3, -0.25) is 0 Å². The van der Waals surface area contributed by atoms with E-state index in [0.29, 0.717) is 16.7 Å². The topological polar surface area (TPSA) is 46.2 Å². The summed E-state index contributed by atoms with van der Waals surface area (Å²) in [4.78, 5) is 0.453. The lowest BCUT2D eigenvalue weighted by Gasteiger charge is -2.37. The summed E-state index contributed by atoms with van der Waals surface area (Å²) in [7, 11) is -1.38. The van der Waals surface area contributed by atoms with E-state index in [9.17, 15) is 8.42 Å². The van der Waals surface area contributed by atoms with Crippen LogP contribution in [-0.2, 0) is 9.84 Å². The lowest BCUT2D eigenvalue weighted by atomic mass is 9.79. The Hall–Kier alpha value is -0.870. The summed E-state index contributed by atoms with van der Waals surface area (Å²) in [6.07, 6.45) is 2.82. The number of nitrogens with one attached hydrogen (secondary N) is 1. The fourth-order valence-corrected chi connectivity index (χ4v) is 5.31.